The van der Waals surface area contributed by atoms with Crippen LogP contribution in [0.2, 0.25) is 0 Å². The zero-order valence-electron chi connectivity index (χ0n) is 7.14. The Kier molecular flexibility index (Phi) is 3.08. The molecular formula is C10H12N2. The Morgan fingerprint density at radius 3 is 2.92 bits per heavy atom. The van der Waals surface area contributed by atoms with Crippen LogP contribution in [0.1, 0.15) is 6.92 Å². The number of aromatic nitrogens is 2. The van der Waals surface area contributed by atoms with Crippen molar-refractivity contribution in [1.82, 2.24) is 9.55 Å². The molecule has 2 nitrogen and oxygen atoms in total. The van der Waals surface area contributed by atoms with Crippen LogP contribution >= 0.6 is 0 Å². The zero-order chi connectivity index (χ0) is 8.81. The number of rotatable bonds is 3. The van der Waals surface area contributed by atoms with E-state index in [1.807, 2.05) is 35.9 Å². The van der Waals surface area contributed by atoms with Gasteiger partial charge in [0.2, 0.25) is 0 Å². The van der Waals surface area contributed by atoms with E-state index in [9.17, 15) is 0 Å². The Hall–Kier alpha value is -1.57. The molecule has 0 fully saturated rings. The zero-order valence-corrected chi connectivity index (χ0v) is 7.14. The summed E-state index contributed by atoms with van der Waals surface area (Å²) in [5, 5.41) is 0. The van der Waals surface area contributed by atoms with Crippen LogP contribution in [-0.2, 0) is 0 Å². The van der Waals surface area contributed by atoms with E-state index in [1.54, 1.807) is 18.6 Å². The van der Waals surface area contributed by atoms with Crippen molar-refractivity contribution in [3.05, 3.63) is 49.6 Å². The van der Waals surface area contributed by atoms with Gasteiger partial charge in [-0.3, -0.25) is 0 Å². The first-order chi connectivity index (χ1) is 5.88. The van der Waals surface area contributed by atoms with Crippen LogP contribution in [0.4, 0.5) is 0 Å². The lowest BCUT2D eigenvalue weighted by Gasteiger charge is -2.00. The SMILES string of the molecule is C=C/C=C(\C=C/C)n1ccnc1. The van der Waals surface area contributed by atoms with Crippen molar-refractivity contribution in [2.24, 2.45) is 0 Å². The summed E-state index contributed by atoms with van der Waals surface area (Å²) in [7, 11) is 0. The second kappa shape index (κ2) is 4.34. The van der Waals surface area contributed by atoms with Crippen molar-refractivity contribution in [3.63, 3.8) is 0 Å². The van der Waals surface area contributed by atoms with Crippen molar-refractivity contribution in [3.8, 4) is 0 Å². The minimum absolute atomic E-state index is 1.06. The first-order valence-corrected chi connectivity index (χ1v) is 3.82. The molecule has 0 amide bonds. The van der Waals surface area contributed by atoms with Gasteiger partial charge in [-0.05, 0) is 19.1 Å². The Bertz CT molecular complexity index is 292. The van der Waals surface area contributed by atoms with Crippen LogP contribution in [0.3, 0.4) is 0 Å². The third kappa shape index (κ3) is 1.95. The quantitative estimate of drug-likeness (QED) is 0.621. The van der Waals surface area contributed by atoms with E-state index in [-0.39, 0.29) is 0 Å². The van der Waals surface area contributed by atoms with Gasteiger partial charge in [-0.1, -0.05) is 18.7 Å². The summed E-state index contributed by atoms with van der Waals surface area (Å²) in [5.74, 6) is 0. The number of hydrogen-bond donors (Lipinski definition) is 0. The highest BCUT2D eigenvalue weighted by molar-refractivity contribution is 5.58. The average Bonchev–Trinajstić information content (AvgIpc) is 2.56. The van der Waals surface area contributed by atoms with Gasteiger partial charge in [-0.2, -0.15) is 0 Å². The molecule has 0 N–H and O–H groups in total. The lowest BCUT2D eigenvalue weighted by Crippen LogP contribution is -1.88. The lowest BCUT2D eigenvalue weighted by molar-refractivity contribution is 1.10. The third-order valence-electron chi connectivity index (χ3n) is 1.43. The van der Waals surface area contributed by atoms with E-state index in [0.717, 1.165) is 5.70 Å². The predicted molar refractivity (Wildman–Crippen MR) is 51.5 cm³/mol. The van der Waals surface area contributed by atoms with Gasteiger partial charge in [-0.15, -0.1) is 0 Å². The summed E-state index contributed by atoms with van der Waals surface area (Å²) >= 11 is 0. The Labute approximate surface area is 72.6 Å². The first-order valence-electron chi connectivity index (χ1n) is 3.82. The molecule has 0 saturated heterocycles. The van der Waals surface area contributed by atoms with Gasteiger partial charge in [0, 0.05) is 18.1 Å². The van der Waals surface area contributed by atoms with Crippen LogP contribution in [0.5, 0.6) is 0 Å². The molecule has 1 heterocycles. The van der Waals surface area contributed by atoms with Crippen molar-refractivity contribution >= 4 is 5.70 Å². The molecule has 12 heavy (non-hydrogen) atoms. The van der Waals surface area contributed by atoms with Gasteiger partial charge in [0.15, 0.2) is 0 Å². The second-order valence-electron chi connectivity index (χ2n) is 2.30. The average molecular weight is 160 g/mol. The molecule has 0 aliphatic carbocycles. The number of nitrogens with zero attached hydrogens (tertiary/aromatic N) is 2. The Morgan fingerprint density at radius 2 is 2.42 bits per heavy atom. The fourth-order valence-corrected chi connectivity index (χ4v) is 0.931. The molecule has 0 unspecified atom stereocenters. The van der Waals surface area contributed by atoms with Gasteiger partial charge >= 0.3 is 0 Å². The van der Waals surface area contributed by atoms with E-state index in [2.05, 4.69) is 11.6 Å². The summed E-state index contributed by atoms with van der Waals surface area (Å²) in [4.78, 5) is 3.96. The molecule has 0 aliphatic heterocycles. The van der Waals surface area contributed by atoms with Gasteiger partial charge < -0.3 is 4.57 Å². The van der Waals surface area contributed by atoms with Gasteiger partial charge in [0.1, 0.15) is 0 Å². The van der Waals surface area contributed by atoms with Crippen LogP contribution in [0.25, 0.3) is 5.70 Å². The fraction of sp³-hybridized carbons (Fsp3) is 0.100. The van der Waals surface area contributed by atoms with E-state index < -0.39 is 0 Å². The molecule has 0 aliphatic rings. The number of hydrogen-bond acceptors (Lipinski definition) is 1. The minimum atomic E-state index is 1.06. The molecular weight excluding hydrogens is 148 g/mol. The van der Waals surface area contributed by atoms with Gasteiger partial charge in [0.25, 0.3) is 0 Å². The fourth-order valence-electron chi connectivity index (χ4n) is 0.931. The van der Waals surface area contributed by atoms with Crippen LogP contribution < -0.4 is 0 Å². The lowest BCUT2D eigenvalue weighted by atomic mass is 10.3. The van der Waals surface area contributed by atoms with Crippen LogP contribution in [-0.4, -0.2) is 9.55 Å². The highest BCUT2D eigenvalue weighted by atomic mass is 15.0. The Balaban J connectivity index is 2.95. The van der Waals surface area contributed by atoms with Gasteiger partial charge in [-0.25, -0.2) is 4.98 Å². The predicted octanol–water partition coefficient (Wildman–Crippen LogP) is 2.49. The molecule has 0 saturated carbocycles. The topological polar surface area (TPSA) is 17.8 Å². The Morgan fingerprint density at radius 1 is 1.58 bits per heavy atom. The number of allylic oxidation sites excluding steroid dienone is 5. The van der Waals surface area contributed by atoms with Gasteiger partial charge in [0.05, 0.1) is 6.33 Å². The molecule has 2 heteroatoms. The standard InChI is InChI=1S/C10H12N2/c1-3-5-10(6-4-2)12-8-7-11-9-12/h3-9H,1H2,2H3/b6-4-,10-5+. The molecule has 0 aromatic carbocycles. The summed E-state index contributed by atoms with van der Waals surface area (Å²) < 4.78 is 1.93. The van der Waals surface area contributed by atoms with E-state index >= 15 is 0 Å². The summed E-state index contributed by atoms with van der Waals surface area (Å²) in [5.41, 5.74) is 1.06. The van der Waals surface area contributed by atoms with Crippen LogP contribution in [0, 0.1) is 0 Å². The summed E-state index contributed by atoms with van der Waals surface area (Å²) in [6, 6.07) is 0. The summed E-state index contributed by atoms with van der Waals surface area (Å²) in [6.07, 6.45) is 13.1. The molecule has 0 radical (unpaired) electrons. The van der Waals surface area contributed by atoms with E-state index in [1.165, 1.54) is 0 Å². The molecule has 0 bridgehead atoms. The molecule has 1 aromatic rings. The van der Waals surface area contributed by atoms with E-state index in [4.69, 9.17) is 0 Å². The molecule has 62 valence electrons. The molecule has 1 aromatic heterocycles. The normalized spacial score (nSPS) is 12.2. The number of imidazole rings is 1. The van der Waals surface area contributed by atoms with E-state index in [0.29, 0.717) is 0 Å². The first kappa shape index (κ1) is 8.53. The van der Waals surface area contributed by atoms with Crippen LogP contribution in [0.15, 0.2) is 49.6 Å². The smallest absolute Gasteiger partial charge is 0.0991 e. The second-order valence-corrected chi connectivity index (χ2v) is 2.30. The maximum absolute atomic E-state index is 3.96. The molecule has 0 spiro atoms. The third-order valence-corrected chi connectivity index (χ3v) is 1.43. The van der Waals surface area contributed by atoms with Crippen molar-refractivity contribution in [2.45, 2.75) is 6.92 Å². The van der Waals surface area contributed by atoms with Crippen molar-refractivity contribution in [1.29, 1.82) is 0 Å². The van der Waals surface area contributed by atoms with Crippen molar-refractivity contribution in [2.75, 3.05) is 0 Å². The maximum Gasteiger partial charge on any atom is 0.0991 e. The highest BCUT2D eigenvalue weighted by Crippen LogP contribution is 2.05. The molecule has 0 atom stereocenters. The monoisotopic (exact) mass is 160 g/mol. The van der Waals surface area contributed by atoms with Crippen molar-refractivity contribution < 1.29 is 0 Å². The maximum atomic E-state index is 3.96. The molecule has 1 rings (SSSR count). The minimum Gasteiger partial charge on any atom is -0.306 e. The largest absolute Gasteiger partial charge is 0.306 e. The highest BCUT2D eigenvalue weighted by Gasteiger charge is 1.91. The summed E-state index contributed by atoms with van der Waals surface area (Å²) in [6.45, 7) is 5.63.